The number of rotatable bonds is 4. The maximum absolute atomic E-state index is 5.78. The predicted octanol–water partition coefficient (Wildman–Crippen LogP) is 2.69. The zero-order chi connectivity index (χ0) is 13.9. The molecule has 19 heavy (non-hydrogen) atoms. The zero-order valence-corrected chi connectivity index (χ0v) is 11.8. The second kappa shape index (κ2) is 5.49. The third kappa shape index (κ3) is 3.18. The van der Waals surface area contributed by atoms with Crippen molar-refractivity contribution in [1.82, 2.24) is 9.97 Å². The van der Waals surface area contributed by atoms with Crippen LogP contribution in [-0.2, 0) is 11.8 Å². The molecule has 0 bridgehead atoms. The first-order valence-electron chi connectivity index (χ1n) is 6.62. The van der Waals surface area contributed by atoms with E-state index < -0.39 is 0 Å². The second-order valence-corrected chi connectivity index (χ2v) is 5.59. The number of aromatic nitrogens is 2. The van der Waals surface area contributed by atoms with Crippen molar-refractivity contribution in [1.29, 1.82) is 0 Å². The maximum Gasteiger partial charge on any atom is 0.138 e. The van der Waals surface area contributed by atoms with E-state index in [0.29, 0.717) is 0 Å². The highest BCUT2D eigenvalue weighted by atomic mass is 14.9. The number of nitrogens with two attached hydrogens (primary N) is 1. The first kappa shape index (κ1) is 13.7. The lowest BCUT2D eigenvalue weighted by Crippen LogP contribution is -2.23. The molecule has 100 valence electrons. The van der Waals surface area contributed by atoms with Gasteiger partial charge in [-0.3, -0.25) is 0 Å². The highest BCUT2D eigenvalue weighted by molar-refractivity contribution is 5.30. The summed E-state index contributed by atoms with van der Waals surface area (Å²) in [7, 11) is 0. The lowest BCUT2D eigenvalue weighted by Gasteiger charge is -2.23. The monoisotopic (exact) mass is 255 g/mol. The molecule has 1 atom stereocenters. The molecule has 0 saturated carbocycles. The molecule has 0 aliphatic heterocycles. The van der Waals surface area contributed by atoms with Gasteiger partial charge in [-0.2, -0.15) is 0 Å². The summed E-state index contributed by atoms with van der Waals surface area (Å²) in [5.74, 6) is 0.840. The van der Waals surface area contributed by atoms with Crippen LogP contribution < -0.4 is 5.73 Å². The van der Waals surface area contributed by atoms with E-state index in [0.717, 1.165) is 17.8 Å². The number of hydrogen-bond acceptors (Lipinski definition) is 3. The fourth-order valence-corrected chi connectivity index (χ4v) is 2.14. The highest BCUT2D eigenvalue weighted by Gasteiger charge is 2.25. The van der Waals surface area contributed by atoms with Crippen LogP contribution in [-0.4, -0.2) is 16.0 Å². The molecule has 2 rings (SSSR count). The van der Waals surface area contributed by atoms with Crippen LogP contribution in [0.5, 0.6) is 0 Å². The molecule has 0 fully saturated rings. The van der Waals surface area contributed by atoms with Gasteiger partial charge in [-0.25, -0.2) is 9.97 Å². The van der Waals surface area contributed by atoms with E-state index in [9.17, 15) is 0 Å². The van der Waals surface area contributed by atoms with Crippen molar-refractivity contribution in [3.63, 3.8) is 0 Å². The average molecular weight is 255 g/mol. The zero-order valence-electron chi connectivity index (χ0n) is 11.8. The molecule has 0 radical (unpaired) electrons. The van der Waals surface area contributed by atoms with E-state index in [1.54, 1.807) is 0 Å². The van der Waals surface area contributed by atoms with Gasteiger partial charge in [0.2, 0.25) is 0 Å². The Bertz CT molecular complexity index is 515. The Morgan fingerprint density at radius 3 is 2.21 bits per heavy atom. The van der Waals surface area contributed by atoms with E-state index in [4.69, 9.17) is 5.73 Å². The van der Waals surface area contributed by atoms with Gasteiger partial charge in [-0.1, -0.05) is 30.3 Å². The average Bonchev–Trinajstić information content (AvgIpc) is 2.40. The minimum atomic E-state index is -0.186. The highest BCUT2D eigenvalue weighted by Crippen LogP contribution is 2.28. The van der Waals surface area contributed by atoms with Crippen LogP contribution in [0.25, 0.3) is 0 Å². The lowest BCUT2D eigenvalue weighted by molar-refractivity contribution is 0.586. The molecule has 0 aliphatic rings. The summed E-state index contributed by atoms with van der Waals surface area (Å²) >= 11 is 0. The molecule has 0 aliphatic carbocycles. The Morgan fingerprint density at radius 1 is 1.11 bits per heavy atom. The molecule has 0 amide bonds. The van der Waals surface area contributed by atoms with Crippen molar-refractivity contribution in [3.05, 3.63) is 59.7 Å². The van der Waals surface area contributed by atoms with Gasteiger partial charge in [0.1, 0.15) is 5.82 Å². The van der Waals surface area contributed by atoms with E-state index >= 15 is 0 Å². The van der Waals surface area contributed by atoms with Crippen LogP contribution in [0.15, 0.2) is 42.7 Å². The molecule has 0 saturated heterocycles. The first-order valence-corrected chi connectivity index (χ1v) is 6.62. The van der Waals surface area contributed by atoms with Gasteiger partial charge in [-0.15, -0.1) is 0 Å². The summed E-state index contributed by atoms with van der Waals surface area (Å²) in [6.45, 7) is 6.27. The van der Waals surface area contributed by atoms with Crippen LogP contribution in [0.4, 0.5) is 0 Å². The molecular weight excluding hydrogens is 234 g/mol. The molecule has 2 aromatic rings. The topological polar surface area (TPSA) is 51.8 Å². The fraction of sp³-hybridized carbons (Fsp3) is 0.375. The minimum Gasteiger partial charge on any atom is -0.328 e. The largest absolute Gasteiger partial charge is 0.328 e. The Balaban J connectivity index is 2.26. The number of nitrogens with zero attached hydrogens (tertiary/aromatic N) is 2. The smallest absolute Gasteiger partial charge is 0.138 e. The van der Waals surface area contributed by atoms with Crippen LogP contribution in [0.2, 0.25) is 0 Å². The SMILES string of the molecule is CC(N)Cc1cnc(C(C)(C)c2ccccc2)nc1. The van der Waals surface area contributed by atoms with Crippen LogP contribution in [0, 0.1) is 0 Å². The lowest BCUT2D eigenvalue weighted by atomic mass is 9.84. The maximum atomic E-state index is 5.78. The third-order valence-electron chi connectivity index (χ3n) is 3.32. The van der Waals surface area contributed by atoms with E-state index in [-0.39, 0.29) is 11.5 Å². The fourth-order valence-electron chi connectivity index (χ4n) is 2.14. The standard InChI is InChI=1S/C16H21N3/c1-12(17)9-13-10-18-15(19-11-13)16(2,3)14-7-5-4-6-8-14/h4-8,10-12H,9,17H2,1-3H3. The second-order valence-electron chi connectivity index (χ2n) is 5.59. The molecule has 1 aromatic carbocycles. The quantitative estimate of drug-likeness (QED) is 0.914. The summed E-state index contributed by atoms with van der Waals surface area (Å²) < 4.78 is 0. The minimum absolute atomic E-state index is 0.136. The van der Waals surface area contributed by atoms with E-state index in [1.165, 1.54) is 5.56 Å². The summed E-state index contributed by atoms with van der Waals surface area (Å²) in [5.41, 5.74) is 7.90. The van der Waals surface area contributed by atoms with Gasteiger partial charge in [0.25, 0.3) is 0 Å². The van der Waals surface area contributed by atoms with Crippen LogP contribution in [0.1, 0.15) is 37.7 Å². The van der Waals surface area contributed by atoms with Gasteiger partial charge >= 0.3 is 0 Å². The number of benzene rings is 1. The molecule has 3 nitrogen and oxygen atoms in total. The first-order chi connectivity index (χ1) is 9.00. The Hall–Kier alpha value is -1.74. The summed E-state index contributed by atoms with van der Waals surface area (Å²) in [6, 6.07) is 10.5. The Labute approximate surface area is 114 Å². The third-order valence-corrected chi connectivity index (χ3v) is 3.32. The van der Waals surface area contributed by atoms with E-state index in [2.05, 4.69) is 35.9 Å². The molecule has 2 N–H and O–H groups in total. The van der Waals surface area contributed by atoms with Gasteiger partial charge < -0.3 is 5.73 Å². The molecule has 3 heteroatoms. The summed E-state index contributed by atoms with van der Waals surface area (Å²) in [6.07, 6.45) is 4.58. The van der Waals surface area contributed by atoms with Crippen LogP contribution >= 0.6 is 0 Å². The van der Waals surface area contributed by atoms with Crippen molar-refractivity contribution >= 4 is 0 Å². The van der Waals surface area contributed by atoms with Crippen molar-refractivity contribution in [3.8, 4) is 0 Å². The summed E-state index contributed by atoms with van der Waals surface area (Å²) in [5, 5.41) is 0. The van der Waals surface area contributed by atoms with Crippen molar-refractivity contribution in [2.75, 3.05) is 0 Å². The van der Waals surface area contributed by atoms with Gasteiger partial charge in [0.05, 0.1) is 0 Å². The van der Waals surface area contributed by atoms with Crippen molar-refractivity contribution in [2.24, 2.45) is 5.73 Å². The normalized spacial score (nSPS) is 13.3. The van der Waals surface area contributed by atoms with Crippen LogP contribution in [0.3, 0.4) is 0 Å². The Kier molecular flexibility index (Phi) is 3.96. The molecule has 0 spiro atoms. The molecule has 1 heterocycles. The van der Waals surface area contributed by atoms with E-state index in [1.807, 2.05) is 37.5 Å². The van der Waals surface area contributed by atoms with Gasteiger partial charge in [0.15, 0.2) is 0 Å². The predicted molar refractivity (Wildman–Crippen MR) is 78.0 cm³/mol. The molecule has 1 unspecified atom stereocenters. The molecule has 1 aromatic heterocycles. The number of hydrogen-bond donors (Lipinski definition) is 1. The van der Waals surface area contributed by atoms with Crippen molar-refractivity contribution in [2.45, 2.75) is 38.6 Å². The van der Waals surface area contributed by atoms with Crippen molar-refractivity contribution < 1.29 is 0 Å². The summed E-state index contributed by atoms with van der Waals surface area (Å²) in [4.78, 5) is 9.03. The van der Waals surface area contributed by atoms with Gasteiger partial charge in [-0.05, 0) is 38.3 Å². The van der Waals surface area contributed by atoms with Gasteiger partial charge in [0, 0.05) is 23.9 Å². The Morgan fingerprint density at radius 2 is 1.68 bits per heavy atom. The molecular formula is C16H21N3.